The summed E-state index contributed by atoms with van der Waals surface area (Å²) in [5.74, 6) is 0.623. The number of halogens is 2. The smallest absolute Gasteiger partial charge is 0.276 e. The predicted octanol–water partition coefficient (Wildman–Crippen LogP) is 3.43. The Balaban J connectivity index is 0.00000160. The minimum Gasteiger partial charge on any atom is -0.337 e. The monoisotopic (exact) mass is 450 g/mol. The molecule has 3 aromatic rings. The zero-order valence-corrected chi connectivity index (χ0v) is 18.9. The number of aromatic nitrogens is 4. The van der Waals surface area contributed by atoms with Crippen molar-refractivity contribution >= 4 is 41.5 Å². The average Bonchev–Trinajstić information content (AvgIpc) is 3.12. The number of rotatable bonds is 5. The number of likely N-dealkylation sites (tertiary alicyclic amines) is 1. The SMILES string of the molecule is CCNCC1CCN(C(=O)c2nnn(-c3cccc4cnccc34)c2C)CC1.Cl.Cl. The van der Waals surface area contributed by atoms with E-state index in [2.05, 4.69) is 27.5 Å². The molecule has 1 N–H and O–H groups in total. The Hall–Kier alpha value is -2.22. The minimum atomic E-state index is -0.0208. The first-order chi connectivity index (χ1) is 13.7. The zero-order chi connectivity index (χ0) is 19.5. The highest BCUT2D eigenvalue weighted by Crippen LogP contribution is 2.24. The second-order valence-electron chi connectivity index (χ2n) is 7.35. The molecule has 0 atom stereocenters. The van der Waals surface area contributed by atoms with Crippen LogP contribution in [-0.2, 0) is 0 Å². The molecule has 1 aliphatic rings. The summed E-state index contributed by atoms with van der Waals surface area (Å²) in [5.41, 5.74) is 2.12. The van der Waals surface area contributed by atoms with Crippen LogP contribution in [0.2, 0.25) is 0 Å². The molecule has 1 aliphatic heterocycles. The molecular weight excluding hydrogens is 423 g/mol. The molecular formula is C21H28Cl2N6O. The highest BCUT2D eigenvalue weighted by atomic mass is 35.5. The van der Waals surface area contributed by atoms with Crippen LogP contribution >= 0.6 is 24.8 Å². The van der Waals surface area contributed by atoms with E-state index in [9.17, 15) is 4.79 Å². The molecule has 0 radical (unpaired) electrons. The molecule has 0 bridgehead atoms. The van der Waals surface area contributed by atoms with E-state index in [-0.39, 0.29) is 30.7 Å². The highest BCUT2D eigenvalue weighted by Gasteiger charge is 2.27. The third-order valence-electron chi connectivity index (χ3n) is 5.57. The van der Waals surface area contributed by atoms with Crippen LogP contribution in [0.15, 0.2) is 36.7 Å². The van der Waals surface area contributed by atoms with E-state index >= 15 is 0 Å². The Kier molecular flexibility index (Phi) is 8.58. The van der Waals surface area contributed by atoms with E-state index in [1.54, 1.807) is 10.9 Å². The number of hydrogen-bond donors (Lipinski definition) is 1. The molecule has 7 nitrogen and oxygen atoms in total. The van der Waals surface area contributed by atoms with Crippen LogP contribution in [0.25, 0.3) is 16.5 Å². The predicted molar refractivity (Wildman–Crippen MR) is 123 cm³/mol. The van der Waals surface area contributed by atoms with Gasteiger partial charge < -0.3 is 10.2 Å². The van der Waals surface area contributed by atoms with Crippen LogP contribution in [0, 0.1) is 12.8 Å². The van der Waals surface area contributed by atoms with Crippen molar-refractivity contribution in [2.45, 2.75) is 26.7 Å². The molecule has 0 saturated carbocycles. The molecule has 1 saturated heterocycles. The van der Waals surface area contributed by atoms with Crippen molar-refractivity contribution in [2.75, 3.05) is 26.2 Å². The summed E-state index contributed by atoms with van der Waals surface area (Å²) in [7, 11) is 0. The molecule has 3 heterocycles. The van der Waals surface area contributed by atoms with Crippen molar-refractivity contribution in [1.29, 1.82) is 0 Å². The Bertz CT molecular complexity index is 979. The maximum Gasteiger partial charge on any atom is 0.276 e. The summed E-state index contributed by atoms with van der Waals surface area (Å²) >= 11 is 0. The lowest BCUT2D eigenvalue weighted by Crippen LogP contribution is -2.41. The van der Waals surface area contributed by atoms with Gasteiger partial charge in [0.15, 0.2) is 5.69 Å². The second kappa shape index (κ2) is 10.7. The lowest BCUT2D eigenvalue weighted by atomic mass is 9.96. The zero-order valence-electron chi connectivity index (χ0n) is 17.2. The van der Waals surface area contributed by atoms with Crippen molar-refractivity contribution in [2.24, 2.45) is 5.92 Å². The van der Waals surface area contributed by atoms with E-state index in [4.69, 9.17) is 0 Å². The van der Waals surface area contributed by atoms with Crippen molar-refractivity contribution in [3.63, 3.8) is 0 Å². The van der Waals surface area contributed by atoms with Gasteiger partial charge in [-0.25, -0.2) is 4.68 Å². The molecule has 2 aromatic heterocycles. The van der Waals surface area contributed by atoms with Gasteiger partial charge in [-0.15, -0.1) is 29.9 Å². The summed E-state index contributed by atoms with van der Waals surface area (Å²) in [4.78, 5) is 19.1. The Morgan fingerprint density at radius 1 is 1.20 bits per heavy atom. The van der Waals surface area contributed by atoms with Gasteiger partial charge in [0.2, 0.25) is 0 Å². The van der Waals surface area contributed by atoms with E-state index in [1.165, 1.54) is 0 Å². The quantitative estimate of drug-likeness (QED) is 0.644. The second-order valence-corrected chi connectivity index (χ2v) is 7.35. The van der Waals surface area contributed by atoms with Crippen LogP contribution in [0.4, 0.5) is 0 Å². The normalized spacial score (nSPS) is 14.3. The van der Waals surface area contributed by atoms with Crippen LogP contribution in [-0.4, -0.2) is 57.0 Å². The molecule has 0 unspecified atom stereocenters. The van der Waals surface area contributed by atoms with Crippen LogP contribution in [0.3, 0.4) is 0 Å². The first-order valence-corrected chi connectivity index (χ1v) is 9.94. The van der Waals surface area contributed by atoms with Gasteiger partial charge in [0.25, 0.3) is 5.91 Å². The standard InChI is InChI=1S/C21H26N6O.2ClH/c1-3-22-13-16-8-11-26(12-9-16)21(28)20-15(2)27(25-24-20)19-6-4-5-17-14-23-10-7-18(17)19;;/h4-7,10,14,16,22H,3,8-9,11-13H2,1-2H3;2*1H. The lowest BCUT2D eigenvalue weighted by molar-refractivity contribution is 0.0683. The van der Waals surface area contributed by atoms with Crippen molar-refractivity contribution in [3.05, 3.63) is 48.0 Å². The highest BCUT2D eigenvalue weighted by molar-refractivity contribution is 5.94. The van der Waals surface area contributed by atoms with Gasteiger partial charge in [0, 0.05) is 36.3 Å². The van der Waals surface area contributed by atoms with Gasteiger partial charge >= 0.3 is 0 Å². The van der Waals surface area contributed by atoms with Gasteiger partial charge in [-0.1, -0.05) is 24.3 Å². The summed E-state index contributed by atoms with van der Waals surface area (Å²) < 4.78 is 1.76. The molecule has 1 aromatic carbocycles. The third-order valence-corrected chi connectivity index (χ3v) is 5.57. The topological polar surface area (TPSA) is 75.9 Å². The van der Waals surface area contributed by atoms with Crippen molar-refractivity contribution in [1.82, 2.24) is 30.2 Å². The number of amides is 1. The van der Waals surface area contributed by atoms with E-state index in [0.717, 1.165) is 61.2 Å². The minimum absolute atomic E-state index is 0. The number of carbonyl (C=O) groups excluding carboxylic acids is 1. The van der Waals surface area contributed by atoms with Gasteiger partial charge in [-0.2, -0.15) is 0 Å². The summed E-state index contributed by atoms with van der Waals surface area (Å²) in [6.45, 7) is 7.61. The summed E-state index contributed by atoms with van der Waals surface area (Å²) in [6.07, 6.45) is 5.65. The number of nitrogens with one attached hydrogen (secondary N) is 1. The Morgan fingerprint density at radius 3 is 2.70 bits per heavy atom. The number of hydrogen-bond acceptors (Lipinski definition) is 5. The molecule has 30 heavy (non-hydrogen) atoms. The number of benzene rings is 1. The number of piperidine rings is 1. The maximum atomic E-state index is 13.0. The first-order valence-electron chi connectivity index (χ1n) is 9.94. The largest absolute Gasteiger partial charge is 0.337 e. The molecule has 0 aliphatic carbocycles. The fraction of sp³-hybridized carbons (Fsp3) is 0.429. The Labute approximate surface area is 189 Å². The van der Waals surface area contributed by atoms with Crippen molar-refractivity contribution in [3.8, 4) is 5.69 Å². The number of pyridine rings is 1. The number of fused-ring (bicyclic) bond motifs is 1. The fourth-order valence-corrected chi connectivity index (χ4v) is 3.88. The van der Waals surface area contributed by atoms with E-state index < -0.39 is 0 Å². The summed E-state index contributed by atoms with van der Waals surface area (Å²) in [5, 5.41) is 14.0. The Morgan fingerprint density at radius 2 is 1.97 bits per heavy atom. The van der Waals surface area contributed by atoms with Crippen LogP contribution in [0.1, 0.15) is 35.9 Å². The number of nitrogens with zero attached hydrogens (tertiary/aromatic N) is 5. The molecule has 4 rings (SSSR count). The van der Waals surface area contributed by atoms with Crippen LogP contribution in [0.5, 0.6) is 0 Å². The van der Waals surface area contributed by atoms with Gasteiger partial charge in [0.05, 0.1) is 11.4 Å². The molecule has 9 heteroatoms. The summed E-state index contributed by atoms with van der Waals surface area (Å²) in [6, 6.07) is 7.94. The lowest BCUT2D eigenvalue weighted by Gasteiger charge is -2.31. The van der Waals surface area contributed by atoms with E-state index in [0.29, 0.717) is 11.6 Å². The van der Waals surface area contributed by atoms with Gasteiger partial charge in [0.1, 0.15) is 0 Å². The molecule has 162 valence electrons. The average molecular weight is 451 g/mol. The molecule has 1 fully saturated rings. The van der Waals surface area contributed by atoms with Crippen LogP contribution < -0.4 is 5.32 Å². The maximum absolute atomic E-state index is 13.0. The third kappa shape index (κ3) is 4.74. The van der Waals surface area contributed by atoms with Gasteiger partial charge in [-0.3, -0.25) is 9.78 Å². The number of carbonyl (C=O) groups is 1. The van der Waals surface area contributed by atoms with Crippen molar-refractivity contribution < 1.29 is 4.79 Å². The molecule has 0 spiro atoms. The fourth-order valence-electron chi connectivity index (χ4n) is 3.88. The molecule has 1 amide bonds. The first kappa shape index (κ1) is 24.1. The van der Waals surface area contributed by atoms with Gasteiger partial charge in [-0.05, 0) is 50.9 Å². The van der Waals surface area contributed by atoms with E-state index in [1.807, 2.05) is 42.3 Å².